The van der Waals surface area contributed by atoms with Gasteiger partial charge >= 0.3 is 7.75 Å². The van der Waals surface area contributed by atoms with Gasteiger partial charge in [0.05, 0.1) is 5.56 Å². The van der Waals surface area contributed by atoms with Crippen molar-refractivity contribution >= 4 is 24.6 Å². The van der Waals surface area contributed by atoms with Crippen LogP contribution in [0.5, 0.6) is 0 Å². The quantitative estimate of drug-likeness (QED) is 0.697. The Bertz CT molecular complexity index is 628. The number of aromatic nitrogens is 1. The first-order valence-corrected chi connectivity index (χ1v) is 6.42. The fourth-order valence-electron chi connectivity index (χ4n) is 1.72. The fourth-order valence-corrected chi connectivity index (χ4v) is 2.10. The molecule has 0 bridgehead atoms. The Morgan fingerprint density at radius 1 is 1.35 bits per heavy atom. The van der Waals surface area contributed by atoms with E-state index in [-0.39, 0.29) is 5.56 Å². The van der Waals surface area contributed by atoms with Crippen molar-refractivity contribution in [3.8, 4) is 0 Å². The Morgan fingerprint density at radius 2 is 2.00 bits per heavy atom. The van der Waals surface area contributed by atoms with Gasteiger partial charge in [-0.05, 0) is 6.07 Å². The number of nitrogens with one attached hydrogen (secondary N) is 1. The molecule has 7 heteroatoms. The van der Waals surface area contributed by atoms with E-state index in [1.807, 2.05) is 12.1 Å². The highest BCUT2D eigenvalue weighted by Gasteiger charge is 2.21. The van der Waals surface area contributed by atoms with E-state index in [1.165, 1.54) is 6.20 Å². The molecule has 1 aromatic heterocycles. The minimum absolute atomic E-state index is 0.242. The van der Waals surface area contributed by atoms with Crippen molar-refractivity contribution in [2.45, 2.75) is 0 Å². The van der Waals surface area contributed by atoms with E-state index in [9.17, 15) is 9.36 Å². The van der Waals surface area contributed by atoms with Gasteiger partial charge in [0.1, 0.15) is 0 Å². The maximum absolute atomic E-state index is 11.7. The number of fused-ring (bicyclic) bond motifs is 1. The lowest BCUT2D eigenvalue weighted by atomic mass is 10.2. The summed E-state index contributed by atoms with van der Waals surface area (Å²) < 4.78 is 12.4. The summed E-state index contributed by atoms with van der Waals surface area (Å²) in [7, 11) is -2.80. The summed E-state index contributed by atoms with van der Waals surface area (Å²) in [5.74, 6) is -0.782. The van der Waals surface area contributed by atoms with Gasteiger partial charge in [-0.3, -0.25) is 9.88 Å². The predicted octanol–water partition coefficient (Wildman–Crippen LogP) is 1.00. The second kappa shape index (κ2) is 4.00. The molecule has 3 N–H and O–H groups in total. The number of carbonyl (C=O) groups excluding carboxylic acids is 1. The number of amides is 1. The molecule has 0 aliphatic carbocycles. The molecule has 1 heterocycles. The molecular weight excluding hydrogens is 243 g/mol. The van der Waals surface area contributed by atoms with Gasteiger partial charge in [-0.15, -0.1) is 0 Å². The molecule has 0 aliphatic heterocycles. The normalized spacial score (nSPS) is 11.7. The maximum atomic E-state index is 11.7. The highest BCUT2D eigenvalue weighted by molar-refractivity contribution is 7.50. The van der Waals surface area contributed by atoms with E-state index < -0.39 is 13.7 Å². The van der Waals surface area contributed by atoms with Crippen LogP contribution in [0, 0.1) is 0 Å². The molecule has 0 aliphatic rings. The maximum Gasteiger partial charge on any atom is 0.430 e. The zero-order valence-corrected chi connectivity index (χ0v) is 9.89. The summed E-state index contributed by atoms with van der Waals surface area (Å²) in [6.45, 7) is 0. The Hall–Kier alpha value is -1.62. The van der Waals surface area contributed by atoms with Crippen LogP contribution >= 0.6 is 7.75 Å². The number of hydrogen-bond donors (Lipinski definition) is 3. The number of rotatable bonds is 2. The molecule has 2 rings (SSSR count). The molecule has 0 atom stereocenters. The fraction of sp³-hybridized carbons (Fsp3) is 0.100. The van der Waals surface area contributed by atoms with Gasteiger partial charge in [-0.2, -0.15) is 0 Å². The molecule has 0 saturated carbocycles. The second-order valence-corrected chi connectivity index (χ2v) is 4.97. The highest BCUT2D eigenvalue weighted by Crippen LogP contribution is 2.30. The lowest BCUT2D eigenvalue weighted by Crippen LogP contribution is -2.19. The van der Waals surface area contributed by atoms with Crippen molar-refractivity contribution in [2.24, 2.45) is 7.05 Å². The lowest BCUT2D eigenvalue weighted by Gasteiger charge is -2.04. The van der Waals surface area contributed by atoms with E-state index in [1.54, 1.807) is 28.8 Å². The number of nitrogens with zero attached hydrogens (tertiary/aromatic N) is 1. The van der Waals surface area contributed by atoms with Gasteiger partial charge < -0.3 is 14.4 Å². The Labute approximate surface area is 97.1 Å². The van der Waals surface area contributed by atoms with Crippen LogP contribution < -0.4 is 5.09 Å². The molecule has 17 heavy (non-hydrogen) atoms. The molecule has 1 amide bonds. The number of aryl methyl sites for hydroxylation is 1. The molecule has 2 aromatic rings. The highest BCUT2D eigenvalue weighted by atomic mass is 31.2. The Morgan fingerprint density at radius 3 is 2.65 bits per heavy atom. The van der Waals surface area contributed by atoms with E-state index in [0.717, 1.165) is 5.52 Å². The third-order valence-electron chi connectivity index (χ3n) is 2.39. The summed E-state index contributed by atoms with van der Waals surface area (Å²) in [5, 5.41) is 2.31. The summed E-state index contributed by atoms with van der Waals surface area (Å²) in [4.78, 5) is 29.1. The van der Waals surface area contributed by atoms with E-state index in [4.69, 9.17) is 9.79 Å². The Balaban J connectivity index is 2.49. The first-order valence-electron chi connectivity index (χ1n) is 4.81. The first-order chi connectivity index (χ1) is 7.88. The zero-order chi connectivity index (χ0) is 12.6. The molecule has 0 unspecified atom stereocenters. The molecule has 6 nitrogen and oxygen atoms in total. The average molecular weight is 254 g/mol. The van der Waals surface area contributed by atoms with Crippen molar-refractivity contribution in [1.82, 2.24) is 9.65 Å². The van der Waals surface area contributed by atoms with Gasteiger partial charge in [0, 0.05) is 24.1 Å². The third-order valence-corrected chi connectivity index (χ3v) is 2.88. The standard InChI is InChI=1S/C10H11N2O4P/c1-12-6-8(10(13)11-17(14,15)16)7-4-2-3-5-9(7)12/h2-6H,1H3,(H3,11,13,14,15,16). The molecule has 0 fully saturated rings. The molecule has 0 radical (unpaired) electrons. The van der Waals surface area contributed by atoms with Crippen LogP contribution in [0.2, 0.25) is 0 Å². The van der Waals surface area contributed by atoms with E-state index in [2.05, 4.69) is 0 Å². The average Bonchev–Trinajstić information content (AvgIpc) is 2.55. The number of benzene rings is 1. The first kappa shape index (κ1) is 11.9. The third kappa shape index (κ3) is 2.39. The monoisotopic (exact) mass is 254 g/mol. The zero-order valence-electron chi connectivity index (χ0n) is 8.99. The van der Waals surface area contributed by atoms with Crippen LogP contribution in [0.1, 0.15) is 10.4 Å². The lowest BCUT2D eigenvalue weighted by molar-refractivity contribution is 0.0973. The number of carbonyl (C=O) groups is 1. The molecular formula is C10H11N2O4P. The van der Waals surface area contributed by atoms with Crippen molar-refractivity contribution in [3.05, 3.63) is 36.0 Å². The van der Waals surface area contributed by atoms with E-state index in [0.29, 0.717) is 5.39 Å². The van der Waals surface area contributed by atoms with Crippen LogP contribution in [-0.4, -0.2) is 20.3 Å². The van der Waals surface area contributed by atoms with Crippen molar-refractivity contribution in [3.63, 3.8) is 0 Å². The number of para-hydroxylation sites is 1. The SMILES string of the molecule is Cn1cc(C(=O)NP(=O)(O)O)c2ccccc21. The van der Waals surface area contributed by atoms with Crippen molar-refractivity contribution in [1.29, 1.82) is 0 Å². The summed E-state index contributed by atoms with van der Waals surface area (Å²) in [6.07, 6.45) is 1.54. The minimum atomic E-state index is -4.56. The largest absolute Gasteiger partial charge is 0.430 e. The topological polar surface area (TPSA) is 91.6 Å². The predicted molar refractivity (Wildman–Crippen MR) is 62.4 cm³/mol. The van der Waals surface area contributed by atoms with Gasteiger partial charge in [0.25, 0.3) is 5.91 Å². The molecule has 0 saturated heterocycles. The van der Waals surface area contributed by atoms with Crippen LogP contribution in [0.3, 0.4) is 0 Å². The smallest absolute Gasteiger partial charge is 0.350 e. The summed E-state index contributed by atoms with van der Waals surface area (Å²) >= 11 is 0. The Kier molecular flexibility index (Phi) is 2.79. The molecule has 1 aromatic carbocycles. The van der Waals surface area contributed by atoms with Crippen LogP contribution in [-0.2, 0) is 11.6 Å². The van der Waals surface area contributed by atoms with Crippen molar-refractivity contribution in [2.75, 3.05) is 0 Å². The van der Waals surface area contributed by atoms with Crippen LogP contribution in [0.15, 0.2) is 30.5 Å². The van der Waals surface area contributed by atoms with Gasteiger partial charge in [-0.25, -0.2) is 4.57 Å². The summed E-state index contributed by atoms with van der Waals surface area (Å²) in [6, 6.07) is 7.14. The van der Waals surface area contributed by atoms with Crippen molar-refractivity contribution < 1.29 is 19.1 Å². The molecule has 0 spiro atoms. The van der Waals surface area contributed by atoms with Gasteiger partial charge in [0.2, 0.25) is 0 Å². The van der Waals surface area contributed by atoms with Gasteiger partial charge in [0.15, 0.2) is 0 Å². The molecule has 90 valence electrons. The number of hydrogen-bond acceptors (Lipinski definition) is 2. The van der Waals surface area contributed by atoms with Crippen LogP contribution in [0.4, 0.5) is 0 Å². The van der Waals surface area contributed by atoms with Gasteiger partial charge in [-0.1, -0.05) is 18.2 Å². The second-order valence-electron chi connectivity index (χ2n) is 3.66. The van der Waals surface area contributed by atoms with E-state index >= 15 is 0 Å². The minimum Gasteiger partial charge on any atom is -0.350 e. The summed E-state index contributed by atoms with van der Waals surface area (Å²) in [5.41, 5.74) is 1.06. The van der Waals surface area contributed by atoms with Crippen LogP contribution in [0.25, 0.3) is 10.9 Å².